The molecule has 0 heterocycles. The number of rotatable bonds is 5. The van der Waals surface area contributed by atoms with Crippen LogP contribution in [0.4, 0.5) is 0 Å². The molecule has 0 saturated carbocycles. The molecule has 2 aromatic rings. The fourth-order valence-electron chi connectivity index (χ4n) is 2.10. The predicted octanol–water partition coefficient (Wildman–Crippen LogP) is 3.64. The van der Waals surface area contributed by atoms with Crippen LogP contribution < -0.4 is 0 Å². The number of hydrogen-bond donors (Lipinski definition) is 1. The molecule has 0 aromatic heterocycles. The van der Waals surface area contributed by atoms with Gasteiger partial charge in [-0.25, -0.2) is 0 Å². The molecule has 0 fully saturated rings. The van der Waals surface area contributed by atoms with Crippen molar-refractivity contribution in [1.29, 1.82) is 0 Å². The largest absolute Gasteiger partial charge is 0.313 e. The van der Waals surface area contributed by atoms with Gasteiger partial charge in [0.1, 0.15) is 0 Å². The molecule has 18 heavy (non-hydrogen) atoms. The Labute approximate surface area is 108 Å². The molecule has 0 unspecified atom stereocenters. The average Bonchev–Trinajstić information content (AvgIpc) is 2.40. The van der Waals surface area contributed by atoms with E-state index in [0.29, 0.717) is 13.1 Å². The highest BCUT2D eigenvalue weighted by Gasteiger charge is 2.06. The molecule has 0 aliphatic heterocycles. The van der Waals surface area contributed by atoms with E-state index in [-0.39, 0.29) is 0 Å². The lowest BCUT2D eigenvalue weighted by atomic mass is 10.1. The van der Waals surface area contributed by atoms with Crippen molar-refractivity contribution in [3.63, 3.8) is 0 Å². The molecule has 0 spiro atoms. The van der Waals surface area contributed by atoms with Gasteiger partial charge in [-0.15, -0.1) is 0 Å². The molecule has 0 bridgehead atoms. The van der Waals surface area contributed by atoms with Crippen LogP contribution in [0.2, 0.25) is 0 Å². The molecule has 1 N–H and O–H groups in total. The highest BCUT2D eigenvalue weighted by Crippen LogP contribution is 2.13. The Kier molecular flexibility index (Phi) is 4.51. The second kappa shape index (κ2) is 6.34. The van der Waals surface area contributed by atoms with E-state index >= 15 is 0 Å². The Hall–Kier alpha value is -1.64. The van der Waals surface area contributed by atoms with E-state index < -0.39 is 0 Å². The molecule has 0 saturated heterocycles. The molecule has 0 aliphatic rings. The van der Waals surface area contributed by atoms with Gasteiger partial charge < -0.3 is 5.21 Å². The van der Waals surface area contributed by atoms with Crippen LogP contribution in [0.5, 0.6) is 0 Å². The van der Waals surface area contributed by atoms with Gasteiger partial charge in [0, 0.05) is 13.1 Å². The molecule has 2 heteroatoms. The number of hydroxylamine groups is 2. The van der Waals surface area contributed by atoms with E-state index in [1.807, 2.05) is 42.5 Å². The summed E-state index contributed by atoms with van der Waals surface area (Å²) in [5, 5.41) is 11.4. The minimum atomic E-state index is 0.554. The molecule has 0 aliphatic carbocycles. The smallest absolute Gasteiger partial charge is 0.0495 e. The van der Waals surface area contributed by atoms with Crippen LogP contribution in [0.3, 0.4) is 0 Å². The van der Waals surface area contributed by atoms with Crippen LogP contribution in [-0.4, -0.2) is 10.3 Å². The summed E-state index contributed by atoms with van der Waals surface area (Å²) in [6.07, 6.45) is 0.995. The summed E-state index contributed by atoms with van der Waals surface area (Å²) in [5.41, 5.74) is 3.61. The summed E-state index contributed by atoms with van der Waals surface area (Å²) in [6.45, 7) is 3.26. The zero-order valence-corrected chi connectivity index (χ0v) is 10.7. The van der Waals surface area contributed by atoms with Gasteiger partial charge in [-0.3, -0.25) is 0 Å². The maximum absolute atomic E-state index is 10.0. The first-order chi connectivity index (χ1) is 8.79. The van der Waals surface area contributed by atoms with Crippen molar-refractivity contribution in [2.24, 2.45) is 0 Å². The Bertz CT molecular complexity index is 481. The summed E-state index contributed by atoms with van der Waals surface area (Å²) in [4.78, 5) is 0. The molecular formula is C16H19NO. The average molecular weight is 241 g/mol. The zero-order chi connectivity index (χ0) is 12.8. The lowest BCUT2D eigenvalue weighted by Crippen LogP contribution is -2.18. The summed E-state index contributed by atoms with van der Waals surface area (Å²) in [6, 6.07) is 18.3. The molecule has 94 valence electrons. The van der Waals surface area contributed by atoms with Crippen LogP contribution >= 0.6 is 0 Å². The van der Waals surface area contributed by atoms with E-state index in [9.17, 15) is 5.21 Å². The lowest BCUT2D eigenvalue weighted by molar-refractivity contribution is -0.108. The van der Waals surface area contributed by atoms with Crippen LogP contribution in [-0.2, 0) is 19.5 Å². The van der Waals surface area contributed by atoms with Crippen LogP contribution in [0.25, 0.3) is 0 Å². The van der Waals surface area contributed by atoms with Crippen molar-refractivity contribution in [3.05, 3.63) is 71.3 Å². The van der Waals surface area contributed by atoms with Gasteiger partial charge in [-0.2, -0.15) is 5.06 Å². The lowest BCUT2D eigenvalue weighted by Gasteiger charge is -2.16. The molecule has 2 rings (SSSR count). The minimum absolute atomic E-state index is 0.554. The third kappa shape index (κ3) is 3.42. The number of nitrogens with zero attached hydrogens (tertiary/aromatic N) is 1. The fourth-order valence-corrected chi connectivity index (χ4v) is 2.10. The summed E-state index contributed by atoms with van der Waals surface area (Å²) in [5.74, 6) is 0. The van der Waals surface area contributed by atoms with Crippen molar-refractivity contribution < 1.29 is 5.21 Å². The summed E-state index contributed by atoms with van der Waals surface area (Å²) in [7, 11) is 0. The first-order valence-corrected chi connectivity index (χ1v) is 6.34. The third-order valence-electron chi connectivity index (χ3n) is 3.06. The van der Waals surface area contributed by atoms with Gasteiger partial charge in [0.2, 0.25) is 0 Å². The standard InChI is InChI=1S/C16H19NO/c1-2-15-10-6-7-11-16(15)13-17(18)12-14-8-4-3-5-9-14/h3-11,18H,2,12-13H2,1H3. The highest BCUT2D eigenvalue weighted by molar-refractivity contribution is 5.26. The normalized spacial score (nSPS) is 10.8. The van der Waals surface area contributed by atoms with Crippen molar-refractivity contribution in [1.82, 2.24) is 5.06 Å². The van der Waals surface area contributed by atoms with Gasteiger partial charge in [0.05, 0.1) is 0 Å². The van der Waals surface area contributed by atoms with Crippen molar-refractivity contribution in [2.75, 3.05) is 0 Å². The monoisotopic (exact) mass is 241 g/mol. The predicted molar refractivity (Wildman–Crippen MR) is 73.3 cm³/mol. The third-order valence-corrected chi connectivity index (χ3v) is 3.06. The maximum Gasteiger partial charge on any atom is 0.0495 e. The van der Waals surface area contributed by atoms with E-state index in [2.05, 4.69) is 19.1 Å². The number of hydrogen-bond acceptors (Lipinski definition) is 2. The van der Waals surface area contributed by atoms with Crippen molar-refractivity contribution in [3.8, 4) is 0 Å². The number of benzene rings is 2. The van der Waals surface area contributed by atoms with E-state index in [1.54, 1.807) is 0 Å². The molecule has 2 nitrogen and oxygen atoms in total. The van der Waals surface area contributed by atoms with Gasteiger partial charge in [0.25, 0.3) is 0 Å². The van der Waals surface area contributed by atoms with Crippen molar-refractivity contribution >= 4 is 0 Å². The van der Waals surface area contributed by atoms with Gasteiger partial charge >= 0.3 is 0 Å². The molecule has 0 atom stereocenters. The Morgan fingerprint density at radius 1 is 0.833 bits per heavy atom. The van der Waals surface area contributed by atoms with Crippen LogP contribution in [0, 0.1) is 0 Å². The highest BCUT2D eigenvalue weighted by atomic mass is 16.5. The fraction of sp³-hybridized carbons (Fsp3) is 0.250. The van der Waals surface area contributed by atoms with Crippen molar-refractivity contribution in [2.45, 2.75) is 26.4 Å². The topological polar surface area (TPSA) is 23.5 Å². The Morgan fingerprint density at radius 3 is 2.11 bits per heavy atom. The molecule has 2 aromatic carbocycles. The first kappa shape index (κ1) is 12.8. The van der Waals surface area contributed by atoms with E-state index in [1.165, 1.54) is 16.2 Å². The van der Waals surface area contributed by atoms with Gasteiger partial charge in [0.15, 0.2) is 0 Å². The maximum atomic E-state index is 10.0. The summed E-state index contributed by atoms with van der Waals surface area (Å²) >= 11 is 0. The molecular weight excluding hydrogens is 222 g/mol. The van der Waals surface area contributed by atoms with Gasteiger partial charge in [-0.1, -0.05) is 61.5 Å². The molecule has 0 radical (unpaired) electrons. The summed E-state index contributed by atoms with van der Waals surface area (Å²) < 4.78 is 0. The Morgan fingerprint density at radius 2 is 1.44 bits per heavy atom. The van der Waals surface area contributed by atoms with E-state index in [0.717, 1.165) is 12.0 Å². The van der Waals surface area contributed by atoms with Crippen LogP contribution in [0.15, 0.2) is 54.6 Å². The SMILES string of the molecule is CCc1ccccc1CN(O)Cc1ccccc1. The quantitative estimate of drug-likeness (QED) is 0.808. The zero-order valence-electron chi connectivity index (χ0n) is 10.7. The minimum Gasteiger partial charge on any atom is -0.313 e. The molecule has 0 amide bonds. The first-order valence-electron chi connectivity index (χ1n) is 6.34. The second-order valence-electron chi connectivity index (χ2n) is 4.43. The van der Waals surface area contributed by atoms with Gasteiger partial charge in [-0.05, 0) is 23.1 Å². The Balaban J connectivity index is 2.01. The van der Waals surface area contributed by atoms with E-state index in [4.69, 9.17) is 0 Å². The second-order valence-corrected chi connectivity index (χ2v) is 4.43. The van der Waals surface area contributed by atoms with Crippen LogP contribution in [0.1, 0.15) is 23.6 Å². The number of aryl methyl sites for hydroxylation is 1.